The molecule has 3 aromatic carbocycles. The third kappa shape index (κ3) is 5.37. The number of aliphatic hydroxyl groups is 2. The molecule has 3 heteroatoms. The molecule has 0 aliphatic heterocycles. The third-order valence-corrected chi connectivity index (χ3v) is 7.40. The van der Waals surface area contributed by atoms with E-state index in [1.165, 1.54) is 27.8 Å². The van der Waals surface area contributed by atoms with Crippen LogP contribution in [0.1, 0.15) is 79.0 Å². The van der Waals surface area contributed by atoms with Gasteiger partial charge in [-0.2, -0.15) is 0 Å². The molecule has 0 aliphatic carbocycles. The summed E-state index contributed by atoms with van der Waals surface area (Å²) in [6.45, 7) is 10.2. The first-order valence-electron chi connectivity index (χ1n) is 12.6. The summed E-state index contributed by atoms with van der Waals surface area (Å²) in [5.74, 6) is 0.202. The van der Waals surface area contributed by atoms with E-state index in [-0.39, 0.29) is 12.4 Å². The summed E-state index contributed by atoms with van der Waals surface area (Å²) in [7, 11) is 0. The van der Waals surface area contributed by atoms with Gasteiger partial charge >= 0.3 is 0 Å². The van der Waals surface area contributed by atoms with Gasteiger partial charge in [0.15, 0.2) is 0 Å². The average Bonchev–Trinajstić information content (AvgIpc) is 2.85. The van der Waals surface area contributed by atoms with Crippen molar-refractivity contribution in [3.8, 4) is 16.9 Å². The zero-order valence-corrected chi connectivity index (χ0v) is 21.4. The lowest BCUT2D eigenvalue weighted by molar-refractivity contribution is 0.0283. The Labute approximate surface area is 205 Å². The molecule has 0 heterocycles. The number of aliphatic hydroxyl groups excluding tert-OH is 1. The maximum absolute atomic E-state index is 11.1. The molecule has 0 amide bonds. The Morgan fingerprint density at radius 2 is 1.44 bits per heavy atom. The molecule has 3 aromatic rings. The van der Waals surface area contributed by atoms with Crippen LogP contribution < -0.4 is 0 Å². The SMILES string of the molecule is CCCc1cc(C(O)(CC)CC)ccc1-c1cc(CCc2ccc(CO)c(O)c2C)ccc1C. The summed E-state index contributed by atoms with van der Waals surface area (Å²) >= 11 is 0. The molecule has 0 bridgehead atoms. The minimum absolute atomic E-state index is 0.152. The highest BCUT2D eigenvalue weighted by Gasteiger charge is 2.25. The third-order valence-electron chi connectivity index (χ3n) is 7.40. The summed E-state index contributed by atoms with van der Waals surface area (Å²) < 4.78 is 0. The number of hydrogen-bond acceptors (Lipinski definition) is 3. The summed E-state index contributed by atoms with van der Waals surface area (Å²) in [6, 6.07) is 17.0. The summed E-state index contributed by atoms with van der Waals surface area (Å²) in [6.07, 6.45) is 5.14. The van der Waals surface area contributed by atoms with Gasteiger partial charge in [0.1, 0.15) is 5.75 Å². The predicted octanol–water partition coefficient (Wildman–Crippen LogP) is 6.91. The fourth-order valence-electron chi connectivity index (χ4n) is 4.87. The standard InChI is InChI=1S/C31H40O3/c1-6-9-25-19-27(31(34,7-2)8-3)16-17-28(25)29-18-23(11-10-21(29)4)12-13-24-14-15-26(20-32)30(33)22(24)5/h10-11,14-19,32-34H,6-9,12-13,20H2,1-5H3. The molecule has 34 heavy (non-hydrogen) atoms. The molecule has 0 saturated heterocycles. The number of rotatable bonds is 10. The van der Waals surface area contributed by atoms with E-state index in [0.29, 0.717) is 18.4 Å². The minimum Gasteiger partial charge on any atom is -0.507 e. The second-order valence-corrected chi connectivity index (χ2v) is 9.53. The molecular weight excluding hydrogens is 420 g/mol. The van der Waals surface area contributed by atoms with Gasteiger partial charge in [0.05, 0.1) is 12.2 Å². The largest absolute Gasteiger partial charge is 0.507 e. The molecule has 0 aromatic heterocycles. The first-order chi connectivity index (χ1) is 16.3. The van der Waals surface area contributed by atoms with Crippen LogP contribution >= 0.6 is 0 Å². The highest BCUT2D eigenvalue weighted by molar-refractivity contribution is 5.72. The maximum atomic E-state index is 11.1. The summed E-state index contributed by atoms with van der Waals surface area (Å²) in [5, 5.41) is 30.8. The van der Waals surface area contributed by atoms with E-state index in [2.05, 4.69) is 50.2 Å². The van der Waals surface area contributed by atoms with Gasteiger partial charge in [-0.3, -0.25) is 0 Å². The van der Waals surface area contributed by atoms with Crippen molar-refractivity contribution >= 4 is 0 Å². The predicted molar refractivity (Wildman–Crippen MR) is 141 cm³/mol. The lowest BCUT2D eigenvalue weighted by Gasteiger charge is -2.27. The molecule has 0 unspecified atom stereocenters. The highest BCUT2D eigenvalue weighted by atomic mass is 16.3. The highest BCUT2D eigenvalue weighted by Crippen LogP contribution is 2.35. The lowest BCUT2D eigenvalue weighted by atomic mass is 9.84. The first kappa shape index (κ1) is 26.0. The zero-order chi connectivity index (χ0) is 24.9. The van der Waals surface area contributed by atoms with Crippen molar-refractivity contribution in [3.63, 3.8) is 0 Å². The average molecular weight is 461 g/mol. The van der Waals surface area contributed by atoms with Gasteiger partial charge < -0.3 is 15.3 Å². The number of aryl methyl sites for hydroxylation is 4. The van der Waals surface area contributed by atoms with Crippen molar-refractivity contribution in [1.29, 1.82) is 0 Å². The van der Waals surface area contributed by atoms with Crippen LogP contribution in [-0.2, 0) is 31.5 Å². The van der Waals surface area contributed by atoms with E-state index < -0.39 is 5.60 Å². The van der Waals surface area contributed by atoms with Gasteiger partial charge in [-0.05, 0) is 90.5 Å². The van der Waals surface area contributed by atoms with Crippen LogP contribution in [0.15, 0.2) is 48.5 Å². The van der Waals surface area contributed by atoms with E-state index >= 15 is 0 Å². The van der Waals surface area contributed by atoms with Crippen LogP contribution in [-0.4, -0.2) is 15.3 Å². The quantitative estimate of drug-likeness (QED) is 0.308. The molecular formula is C31H40O3. The van der Waals surface area contributed by atoms with Gasteiger partial charge in [-0.15, -0.1) is 0 Å². The Hall–Kier alpha value is -2.62. The van der Waals surface area contributed by atoms with Crippen LogP contribution in [0.2, 0.25) is 0 Å². The second kappa shape index (κ2) is 11.2. The number of aromatic hydroxyl groups is 1. The number of benzene rings is 3. The van der Waals surface area contributed by atoms with Crippen molar-refractivity contribution in [2.75, 3.05) is 0 Å². The topological polar surface area (TPSA) is 60.7 Å². The molecule has 3 rings (SSSR count). The Morgan fingerprint density at radius 3 is 2.09 bits per heavy atom. The molecule has 3 nitrogen and oxygen atoms in total. The van der Waals surface area contributed by atoms with E-state index in [4.69, 9.17) is 0 Å². The van der Waals surface area contributed by atoms with Crippen LogP contribution in [0.25, 0.3) is 11.1 Å². The normalized spacial score (nSPS) is 11.7. The first-order valence-corrected chi connectivity index (χ1v) is 12.6. The maximum Gasteiger partial charge on any atom is 0.124 e. The molecule has 0 atom stereocenters. The fourth-order valence-corrected chi connectivity index (χ4v) is 4.87. The fraction of sp³-hybridized carbons (Fsp3) is 0.419. The Morgan fingerprint density at radius 1 is 0.735 bits per heavy atom. The molecule has 0 radical (unpaired) electrons. The smallest absolute Gasteiger partial charge is 0.124 e. The van der Waals surface area contributed by atoms with Crippen molar-refractivity contribution in [2.45, 2.75) is 85.4 Å². The van der Waals surface area contributed by atoms with E-state index in [1.807, 2.05) is 32.9 Å². The Balaban J connectivity index is 1.94. The number of phenols is 1. The lowest BCUT2D eigenvalue weighted by Crippen LogP contribution is -2.23. The summed E-state index contributed by atoms with van der Waals surface area (Å²) in [5.41, 5.74) is 9.06. The molecule has 0 saturated carbocycles. The van der Waals surface area contributed by atoms with Crippen molar-refractivity contribution in [2.24, 2.45) is 0 Å². The van der Waals surface area contributed by atoms with Crippen molar-refractivity contribution in [3.05, 3.63) is 87.5 Å². The molecule has 0 aliphatic rings. The van der Waals surface area contributed by atoms with Crippen molar-refractivity contribution < 1.29 is 15.3 Å². The van der Waals surface area contributed by atoms with Gasteiger partial charge in [0.2, 0.25) is 0 Å². The molecule has 0 fully saturated rings. The van der Waals surface area contributed by atoms with Crippen LogP contribution in [0.4, 0.5) is 0 Å². The van der Waals surface area contributed by atoms with Gasteiger partial charge in [0.25, 0.3) is 0 Å². The Kier molecular flexibility index (Phi) is 8.57. The van der Waals surface area contributed by atoms with E-state index in [1.54, 1.807) is 0 Å². The van der Waals surface area contributed by atoms with Gasteiger partial charge in [0, 0.05) is 5.56 Å². The molecule has 182 valence electrons. The zero-order valence-electron chi connectivity index (χ0n) is 21.4. The molecule has 3 N–H and O–H groups in total. The second-order valence-electron chi connectivity index (χ2n) is 9.53. The Bertz CT molecular complexity index is 1130. The number of hydrogen-bond donors (Lipinski definition) is 3. The van der Waals surface area contributed by atoms with Crippen LogP contribution in [0.3, 0.4) is 0 Å². The van der Waals surface area contributed by atoms with E-state index in [9.17, 15) is 15.3 Å². The van der Waals surface area contributed by atoms with Gasteiger partial charge in [-0.25, -0.2) is 0 Å². The monoisotopic (exact) mass is 460 g/mol. The van der Waals surface area contributed by atoms with E-state index in [0.717, 1.165) is 42.4 Å². The van der Waals surface area contributed by atoms with Crippen molar-refractivity contribution in [1.82, 2.24) is 0 Å². The van der Waals surface area contributed by atoms with Crippen LogP contribution in [0, 0.1) is 13.8 Å². The minimum atomic E-state index is -0.771. The summed E-state index contributed by atoms with van der Waals surface area (Å²) in [4.78, 5) is 0. The molecule has 0 spiro atoms. The van der Waals surface area contributed by atoms with Gasteiger partial charge in [-0.1, -0.05) is 75.7 Å². The van der Waals surface area contributed by atoms with Crippen LogP contribution in [0.5, 0.6) is 5.75 Å².